The highest BCUT2D eigenvalue weighted by Crippen LogP contribution is 2.34. The fourth-order valence-electron chi connectivity index (χ4n) is 4.13. The van der Waals surface area contributed by atoms with Crippen LogP contribution in [-0.4, -0.2) is 31.2 Å². The molecule has 4 heterocycles. The summed E-state index contributed by atoms with van der Waals surface area (Å²) in [4.78, 5) is 40.2. The average Bonchev–Trinajstić information content (AvgIpc) is 3.36. The minimum Gasteiger partial charge on any atom is -0.351 e. The van der Waals surface area contributed by atoms with E-state index in [1.807, 2.05) is 19.1 Å². The van der Waals surface area contributed by atoms with Crippen LogP contribution in [0.15, 0.2) is 34.5 Å². The molecule has 3 aromatic rings. The maximum absolute atomic E-state index is 13.0. The number of thioether (sulfide) groups is 1. The van der Waals surface area contributed by atoms with Crippen molar-refractivity contribution in [3.63, 3.8) is 0 Å². The molecule has 9 heteroatoms. The van der Waals surface area contributed by atoms with Crippen molar-refractivity contribution < 1.29 is 4.79 Å². The van der Waals surface area contributed by atoms with Gasteiger partial charge < -0.3 is 5.32 Å². The molecule has 0 saturated heterocycles. The van der Waals surface area contributed by atoms with E-state index in [4.69, 9.17) is 4.98 Å². The summed E-state index contributed by atoms with van der Waals surface area (Å²) in [7, 11) is 0. The van der Waals surface area contributed by atoms with Gasteiger partial charge in [0.15, 0.2) is 5.16 Å². The molecule has 0 aromatic carbocycles. The zero-order valence-electron chi connectivity index (χ0n) is 17.3. The van der Waals surface area contributed by atoms with Crippen LogP contribution >= 0.6 is 23.1 Å². The third-order valence-electron chi connectivity index (χ3n) is 5.79. The Kier molecular flexibility index (Phi) is 5.62. The Bertz CT molecular complexity index is 1190. The summed E-state index contributed by atoms with van der Waals surface area (Å²) in [6.45, 7) is 2.39. The number of nitrogens with one attached hydrogen (secondary N) is 1. The van der Waals surface area contributed by atoms with Crippen LogP contribution in [0.4, 0.5) is 0 Å². The number of aromatic nitrogens is 4. The summed E-state index contributed by atoms with van der Waals surface area (Å²) >= 11 is 3.15. The highest BCUT2D eigenvalue weighted by molar-refractivity contribution is 7.99. The Morgan fingerprint density at radius 1 is 1.29 bits per heavy atom. The molecular weight excluding hydrogens is 430 g/mol. The number of carbonyl (C=O) groups is 1. The first kappa shape index (κ1) is 20.4. The second-order valence-electron chi connectivity index (χ2n) is 7.92. The Balaban J connectivity index is 1.26. The average molecular weight is 454 g/mol. The first-order valence-electron chi connectivity index (χ1n) is 10.5. The fraction of sp³-hybridized carbons (Fsp3) is 0.409. The molecule has 5 rings (SSSR count). The van der Waals surface area contributed by atoms with E-state index in [0.29, 0.717) is 12.3 Å². The second-order valence-corrected chi connectivity index (χ2v) is 9.99. The van der Waals surface area contributed by atoms with Crippen LogP contribution in [0, 0.1) is 6.92 Å². The SMILES string of the molecule is Cc1nc(-c2cccnc2)sc1CNC(=O)CC1CSc2nc3c(c(=O)n21)CCCC3. The quantitative estimate of drug-likeness (QED) is 0.596. The van der Waals surface area contributed by atoms with E-state index in [-0.39, 0.29) is 23.9 Å². The number of carbonyl (C=O) groups excluding carboxylic acids is 1. The molecule has 1 N–H and O–H groups in total. The van der Waals surface area contributed by atoms with Gasteiger partial charge >= 0.3 is 0 Å². The van der Waals surface area contributed by atoms with Gasteiger partial charge in [-0.3, -0.25) is 19.1 Å². The van der Waals surface area contributed by atoms with E-state index in [2.05, 4.69) is 15.3 Å². The van der Waals surface area contributed by atoms with Crippen molar-refractivity contribution in [1.82, 2.24) is 24.8 Å². The van der Waals surface area contributed by atoms with E-state index in [9.17, 15) is 9.59 Å². The normalized spacial score (nSPS) is 17.3. The molecule has 0 radical (unpaired) electrons. The van der Waals surface area contributed by atoms with Crippen LogP contribution < -0.4 is 10.9 Å². The van der Waals surface area contributed by atoms with Crippen LogP contribution in [-0.2, 0) is 24.2 Å². The maximum atomic E-state index is 13.0. The van der Waals surface area contributed by atoms with E-state index in [1.54, 1.807) is 40.1 Å². The molecule has 31 heavy (non-hydrogen) atoms. The summed E-state index contributed by atoms with van der Waals surface area (Å²) in [6.07, 6.45) is 7.64. The summed E-state index contributed by atoms with van der Waals surface area (Å²) in [5.74, 6) is 0.655. The molecule has 1 amide bonds. The minimum atomic E-state index is -0.138. The topological polar surface area (TPSA) is 89.8 Å². The molecule has 0 fully saturated rings. The zero-order valence-corrected chi connectivity index (χ0v) is 18.9. The van der Waals surface area contributed by atoms with Gasteiger partial charge in [-0.15, -0.1) is 11.3 Å². The highest BCUT2D eigenvalue weighted by Gasteiger charge is 2.30. The Morgan fingerprint density at radius 3 is 3.00 bits per heavy atom. The van der Waals surface area contributed by atoms with Gasteiger partial charge in [0.25, 0.3) is 5.56 Å². The van der Waals surface area contributed by atoms with Gasteiger partial charge in [-0.2, -0.15) is 0 Å². The predicted molar refractivity (Wildman–Crippen MR) is 121 cm³/mol. The molecule has 2 aliphatic rings. The minimum absolute atomic E-state index is 0.0567. The summed E-state index contributed by atoms with van der Waals surface area (Å²) < 4.78 is 1.76. The van der Waals surface area contributed by atoms with E-state index >= 15 is 0 Å². The van der Waals surface area contributed by atoms with E-state index < -0.39 is 0 Å². The standard InChI is InChI=1S/C22H23N5O2S2/c1-13-18(31-20(25-13)14-5-4-8-23-10-14)11-24-19(28)9-15-12-30-22-26-17-7-3-2-6-16(17)21(29)27(15)22/h4-5,8,10,15H,2-3,6-7,9,11-12H2,1H3,(H,24,28). The summed E-state index contributed by atoms with van der Waals surface area (Å²) in [5.41, 5.74) is 3.76. The van der Waals surface area contributed by atoms with E-state index in [0.717, 1.165) is 63.2 Å². The first-order chi connectivity index (χ1) is 15.1. The van der Waals surface area contributed by atoms with Gasteiger partial charge in [-0.05, 0) is 44.7 Å². The fourth-order valence-corrected chi connectivity index (χ4v) is 6.28. The molecule has 0 bridgehead atoms. The van der Waals surface area contributed by atoms with Crippen molar-refractivity contribution in [2.45, 2.75) is 56.8 Å². The van der Waals surface area contributed by atoms with Crippen LogP contribution in [0.5, 0.6) is 0 Å². The van der Waals surface area contributed by atoms with Crippen LogP contribution in [0.1, 0.15) is 47.1 Å². The molecule has 160 valence electrons. The van der Waals surface area contributed by atoms with Crippen LogP contribution in [0.25, 0.3) is 10.6 Å². The lowest BCUT2D eigenvalue weighted by atomic mass is 9.97. The molecule has 1 aliphatic heterocycles. The third kappa shape index (κ3) is 4.04. The lowest BCUT2D eigenvalue weighted by Gasteiger charge is -2.18. The number of fused-ring (bicyclic) bond motifs is 2. The largest absolute Gasteiger partial charge is 0.351 e. The van der Waals surface area contributed by atoms with Crippen molar-refractivity contribution in [3.8, 4) is 10.6 Å². The van der Waals surface area contributed by atoms with Gasteiger partial charge in [-0.1, -0.05) is 11.8 Å². The van der Waals surface area contributed by atoms with Gasteiger partial charge in [0.1, 0.15) is 5.01 Å². The molecule has 3 aromatic heterocycles. The first-order valence-corrected chi connectivity index (χ1v) is 12.3. The monoisotopic (exact) mass is 453 g/mol. The lowest BCUT2D eigenvalue weighted by molar-refractivity contribution is -0.121. The van der Waals surface area contributed by atoms with Crippen molar-refractivity contribution in [2.75, 3.05) is 5.75 Å². The van der Waals surface area contributed by atoms with Crippen LogP contribution in [0.2, 0.25) is 0 Å². The predicted octanol–water partition coefficient (Wildman–Crippen LogP) is 3.30. The lowest BCUT2D eigenvalue weighted by Crippen LogP contribution is -2.33. The Hall–Kier alpha value is -2.52. The third-order valence-corrected chi connectivity index (χ3v) is 8.09. The second kappa shape index (κ2) is 8.55. The number of hydrogen-bond donors (Lipinski definition) is 1. The van der Waals surface area contributed by atoms with Crippen LogP contribution in [0.3, 0.4) is 0 Å². The van der Waals surface area contributed by atoms with Gasteiger partial charge in [0.05, 0.1) is 24.0 Å². The Labute approximate surface area is 188 Å². The molecule has 0 saturated carbocycles. The molecule has 1 atom stereocenters. The molecule has 7 nitrogen and oxygen atoms in total. The highest BCUT2D eigenvalue weighted by atomic mass is 32.2. The van der Waals surface area contributed by atoms with Crippen molar-refractivity contribution >= 4 is 29.0 Å². The zero-order chi connectivity index (χ0) is 21.4. The number of rotatable bonds is 5. The summed E-state index contributed by atoms with van der Waals surface area (Å²) in [5, 5.41) is 4.68. The van der Waals surface area contributed by atoms with Crippen molar-refractivity contribution in [3.05, 3.63) is 56.7 Å². The number of hydrogen-bond acceptors (Lipinski definition) is 7. The molecule has 0 spiro atoms. The summed E-state index contributed by atoms with van der Waals surface area (Å²) in [6, 6.07) is 3.73. The number of thiazole rings is 1. The maximum Gasteiger partial charge on any atom is 0.257 e. The number of aryl methyl sites for hydroxylation is 2. The molecule has 1 unspecified atom stereocenters. The Morgan fingerprint density at radius 2 is 2.16 bits per heavy atom. The van der Waals surface area contributed by atoms with Crippen molar-refractivity contribution in [2.24, 2.45) is 0 Å². The van der Waals surface area contributed by atoms with Gasteiger partial charge in [-0.25, -0.2) is 9.97 Å². The number of amides is 1. The molecular formula is C22H23N5O2S2. The number of pyridine rings is 1. The number of nitrogens with zero attached hydrogens (tertiary/aromatic N) is 4. The van der Waals surface area contributed by atoms with E-state index in [1.165, 1.54) is 0 Å². The smallest absolute Gasteiger partial charge is 0.257 e. The van der Waals surface area contributed by atoms with Gasteiger partial charge in [0, 0.05) is 40.6 Å². The van der Waals surface area contributed by atoms with Crippen molar-refractivity contribution in [1.29, 1.82) is 0 Å². The van der Waals surface area contributed by atoms with Gasteiger partial charge in [0.2, 0.25) is 5.91 Å². The molecule has 1 aliphatic carbocycles.